The summed E-state index contributed by atoms with van der Waals surface area (Å²) in [6.07, 6.45) is 0. The minimum atomic E-state index is -0.460. The fourth-order valence-corrected chi connectivity index (χ4v) is 2.58. The zero-order valence-electron chi connectivity index (χ0n) is 11.0. The quantitative estimate of drug-likeness (QED) is 0.452. The van der Waals surface area contributed by atoms with Gasteiger partial charge in [0.15, 0.2) is 0 Å². The molecule has 0 radical (unpaired) electrons. The summed E-state index contributed by atoms with van der Waals surface area (Å²) in [5.74, 6) is 0. The van der Waals surface area contributed by atoms with E-state index in [2.05, 4.69) is 22.1 Å². The molecular weight excluding hydrogens is 333 g/mol. The first kappa shape index (κ1) is 17.7. The Morgan fingerprint density at radius 3 is 2.71 bits per heavy atom. The Kier molecular flexibility index (Phi) is 7.45. The fourth-order valence-electron chi connectivity index (χ4n) is 1.67. The number of nitro benzene ring substituents is 1. The molecule has 0 atom stereocenters. The number of hydrogen-bond acceptors (Lipinski definition) is 5. The zero-order valence-corrected chi connectivity index (χ0v) is 13.4. The van der Waals surface area contributed by atoms with Crippen LogP contribution in [0.2, 0.25) is 5.02 Å². The Balaban J connectivity index is 0.00000220. The maximum atomic E-state index is 10.6. The van der Waals surface area contributed by atoms with Crippen molar-refractivity contribution < 1.29 is 4.92 Å². The first-order chi connectivity index (χ1) is 9.66. The standard InChI is InChI=1S/C13H14ClN3O2S.ClH/c14-12-7-11(17(18)19)1-2-13(12)16-5-4-15-8-10-3-6-20-9-10;/h1-3,6-7,9,15-16H,4-5,8H2;1H. The van der Waals surface area contributed by atoms with E-state index in [4.69, 9.17) is 11.6 Å². The van der Waals surface area contributed by atoms with Crippen LogP contribution in [0.4, 0.5) is 11.4 Å². The summed E-state index contributed by atoms with van der Waals surface area (Å²) >= 11 is 7.66. The number of halogens is 2. The second-order valence-corrected chi connectivity index (χ2v) is 5.34. The molecule has 1 aromatic heterocycles. The van der Waals surface area contributed by atoms with Gasteiger partial charge in [0.25, 0.3) is 5.69 Å². The molecule has 0 amide bonds. The Labute approximate surface area is 137 Å². The van der Waals surface area contributed by atoms with Crippen LogP contribution in [0.15, 0.2) is 35.0 Å². The van der Waals surface area contributed by atoms with Crippen LogP contribution in [0, 0.1) is 10.1 Å². The number of rotatable bonds is 7. The van der Waals surface area contributed by atoms with Crippen molar-refractivity contribution in [2.24, 2.45) is 0 Å². The average molecular weight is 348 g/mol. The molecule has 8 heteroatoms. The minimum absolute atomic E-state index is 0. The van der Waals surface area contributed by atoms with Crippen LogP contribution in [0.1, 0.15) is 5.56 Å². The third kappa shape index (κ3) is 5.51. The number of thiophene rings is 1. The molecule has 0 saturated carbocycles. The maximum absolute atomic E-state index is 10.6. The topological polar surface area (TPSA) is 67.2 Å². The van der Waals surface area contributed by atoms with Crippen LogP contribution in [-0.2, 0) is 6.54 Å². The Morgan fingerprint density at radius 1 is 1.29 bits per heavy atom. The van der Waals surface area contributed by atoms with Gasteiger partial charge in [-0.25, -0.2) is 0 Å². The molecule has 1 aromatic carbocycles. The molecule has 0 aliphatic carbocycles. The predicted octanol–water partition coefficient (Wildman–Crippen LogP) is 3.93. The van der Waals surface area contributed by atoms with Crippen LogP contribution < -0.4 is 10.6 Å². The van der Waals surface area contributed by atoms with Crippen molar-refractivity contribution in [2.45, 2.75) is 6.54 Å². The lowest BCUT2D eigenvalue weighted by atomic mass is 10.3. The van der Waals surface area contributed by atoms with Crippen LogP contribution in [0.3, 0.4) is 0 Å². The largest absolute Gasteiger partial charge is 0.383 e. The van der Waals surface area contributed by atoms with Crippen molar-refractivity contribution in [3.63, 3.8) is 0 Å². The Morgan fingerprint density at radius 2 is 2.10 bits per heavy atom. The first-order valence-electron chi connectivity index (χ1n) is 6.06. The smallest absolute Gasteiger partial charge is 0.271 e. The van der Waals surface area contributed by atoms with Crippen molar-refractivity contribution in [1.82, 2.24) is 5.32 Å². The second-order valence-electron chi connectivity index (χ2n) is 4.16. The maximum Gasteiger partial charge on any atom is 0.271 e. The summed E-state index contributed by atoms with van der Waals surface area (Å²) in [6.45, 7) is 2.31. The van der Waals surface area contributed by atoms with Gasteiger partial charge in [-0.2, -0.15) is 11.3 Å². The third-order valence-corrected chi connectivity index (χ3v) is 3.73. The fraction of sp³-hybridized carbons (Fsp3) is 0.231. The molecule has 5 nitrogen and oxygen atoms in total. The van der Waals surface area contributed by atoms with Crippen molar-refractivity contribution in [2.75, 3.05) is 18.4 Å². The molecule has 0 saturated heterocycles. The highest BCUT2D eigenvalue weighted by Crippen LogP contribution is 2.26. The van der Waals surface area contributed by atoms with E-state index in [0.29, 0.717) is 17.3 Å². The van der Waals surface area contributed by atoms with Gasteiger partial charge in [-0.05, 0) is 28.5 Å². The third-order valence-electron chi connectivity index (χ3n) is 2.69. The number of non-ortho nitro benzene ring substituents is 1. The molecule has 2 rings (SSSR count). The lowest BCUT2D eigenvalue weighted by molar-refractivity contribution is -0.384. The van der Waals surface area contributed by atoms with Gasteiger partial charge in [-0.15, -0.1) is 12.4 Å². The van der Waals surface area contributed by atoms with Gasteiger partial charge in [-0.1, -0.05) is 11.6 Å². The average Bonchev–Trinajstić information content (AvgIpc) is 2.93. The van der Waals surface area contributed by atoms with Crippen LogP contribution in [0.25, 0.3) is 0 Å². The zero-order chi connectivity index (χ0) is 14.4. The first-order valence-corrected chi connectivity index (χ1v) is 7.38. The van der Waals surface area contributed by atoms with Crippen LogP contribution in [-0.4, -0.2) is 18.0 Å². The summed E-state index contributed by atoms with van der Waals surface area (Å²) in [4.78, 5) is 10.1. The van der Waals surface area contributed by atoms with E-state index in [1.807, 2.05) is 5.38 Å². The molecule has 0 fully saturated rings. The molecule has 1 heterocycles. The normalized spacial score (nSPS) is 9.95. The monoisotopic (exact) mass is 347 g/mol. The van der Waals surface area contributed by atoms with E-state index in [1.54, 1.807) is 17.4 Å². The molecule has 0 unspecified atom stereocenters. The van der Waals surface area contributed by atoms with E-state index in [-0.39, 0.29) is 18.1 Å². The van der Waals surface area contributed by atoms with Crippen molar-refractivity contribution in [1.29, 1.82) is 0 Å². The van der Waals surface area contributed by atoms with E-state index in [1.165, 1.54) is 17.7 Å². The van der Waals surface area contributed by atoms with Gasteiger partial charge in [-0.3, -0.25) is 10.1 Å². The van der Waals surface area contributed by atoms with E-state index < -0.39 is 4.92 Å². The second kappa shape index (κ2) is 8.84. The number of nitrogens with one attached hydrogen (secondary N) is 2. The van der Waals surface area contributed by atoms with Gasteiger partial charge < -0.3 is 10.6 Å². The number of hydrogen-bond donors (Lipinski definition) is 2. The number of nitro groups is 1. The van der Waals surface area contributed by atoms with Gasteiger partial charge in [0.05, 0.1) is 15.6 Å². The summed E-state index contributed by atoms with van der Waals surface area (Å²) in [5.41, 5.74) is 1.97. The summed E-state index contributed by atoms with van der Waals surface area (Å²) in [6, 6.07) is 6.49. The number of nitrogens with zero attached hydrogens (tertiary/aromatic N) is 1. The van der Waals surface area contributed by atoms with Crippen molar-refractivity contribution in [3.05, 3.63) is 55.7 Å². The summed E-state index contributed by atoms with van der Waals surface area (Å²) in [7, 11) is 0. The molecule has 0 bridgehead atoms. The molecule has 2 aromatic rings. The lowest BCUT2D eigenvalue weighted by Gasteiger charge is -2.08. The highest BCUT2D eigenvalue weighted by atomic mass is 35.5. The van der Waals surface area contributed by atoms with Gasteiger partial charge in [0.2, 0.25) is 0 Å². The predicted molar refractivity (Wildman–Crippen MR) is 89.9 cm³/mol. The van der Waals surface area contributed by atoms with Crippen LogP contribution >= 0.6 is 35.3 Å². The molecule has 21 heavy (non-hydrogen) atoms. The van der Waals surface area contributed by atoms with E-state index in [0.717, 1.165) is 13.1 Å². The van der Waals surface area contributed by atoms with Crippen molar-refractivity contribution in [3.8, 4) is 0 Å². The van der Waals surface area contributed by atoms with Gasteiger partial charge in [0.1, 0.15) is 0 Å². The van der Waals surface area contributed by atoms with E-state index >= 15 is 0 Å². The Bertz CT molecular complexity index is 579. The number of anilines is 1. The molecule has 2 N–H and O–H groups in total. The molecule has 0 spiro atoms. The van der Waals surface area contributed by atoms with Crippen LogP contribution in [0.5, 0.6) is 0 Å². The number of benzene rings is 1. The van der Waals surface area contributed by atoms with Gasteiger partial charge >= 0.3 is 0 Å². The summed E-state index contributed by atoms with van der Waals surface area (Å²) in [5, 5.41) is 21.5. The highest BCUT2D eigenvalue weighted by Gasteiger charge is 2.08. The lowest BCUT2D eigenvalue weighted by Crippen LogP contribution is -2.21. The molecule has 114 valence electrons. The minimum Gasteiger partial charge on any atom is -0.383 e. The SMILES string of the molecule is Cl.O=[N+]([O-])c1ccc(NCCNCc2ccsc2)c(Cl)c1. The van der Waals surface area contributed by atoms with Crippen molar-refractivity contribution >= 4 is 46.7 Å². The highest BCUT2D eigenvalue weighted by molar-refractivity contribution is 7.07. The molecule has 0 aliphatic rings. The Hall–Kier alpha value is -1.34. The van der Waals surface area contributed by atoms with Gasteiger partial charge in [0, 0.05) is 31.8 Å². The molecule has 0 aliphatic heterocycles. The summed E-state index contributed by atoms with van der Waals surface area (Å²) < 4.78 is 0. The molecular formula is C13H15Cl2N3O2S. The van der Waals surface area contributed by atoms with E-state index in [9.17, 15) is 10.1 Å².